The predicted octanol–water partition coefficient (Wildman–Crippen LogP) is 2.40. The van der Waals surface area contributed by atoms with Gasteiger partial charge in [-0.25, -0.2) is 4.98 Å². The topological polar surface area (TPSA) is 66.5 Å². The number of nitrogens with zero attached hydrogens (tertiary/aromatic N) is 3. The number of pyridine rings is 1. The number of nitrogens with one attached hydrogen (secondary N) is 2. The van der Waals surface area contributed by atoms with Gasteiger partial charge in [0.1, 0.15) is 11.5 Å². The van der Waals surface area contributed by atoms with E-state index in [4.69, 9.17) is 0 Å². The minimum absolute atomic E-state index is 0.247. The Labute approximate surface area is 111 Å². The second-order valence-corrected chi connectivity index (χ2v) is 4.56. The van der Waals surface area contributed by atoms with E-state index in [9.17, 15) is 0 Å². The number of fused-ring (bicyclic) bond motifs is 1. The highest BCUT2D eigenvalue weighted by Crippen LogP contribution is 2.14. The standard InChI is InChI=1S/C14H15N5/c1-10(8-12-9-15-6-7-16-12)18-13-3-2-11-4-5-17-14(11)19-13/h2-7,9-10H,8H2,1H3,(H2,17,18,19)/t10-/m0/s1. The maximum atomic E-state index is 4.51. The number of anilines is 1. The molecule has 0 bridgehead atoms. The maximum absolute atomic E-state index is 4.51. The summed E-state index contributed by atoms with van der Waals surface area (Å²) in [5, 5.41) is 4.49. The molecule has 96 valence electrons. The van der Waals surface area contributed by atoms with Crippen molar-refractivity contribution in [2.75, 3.05) is 5.32 Å². The van der Waals surface area contributed by atoms with Crippen LogP contribution in [0.3, 0.4) is 0 Å². The molecule has 0 aliphatic heterocycles. The molecule has 3 rings (SSSR count). The first-order valence-corrected chi connectivity index (χ1v) is 6.27. The quantitative estimate of drug-likeness (QED) is 0.749. The first-order chi connectivity index (χ1) is 9.31. The van der Waals surface area contributed by atoms with E-state index in [2.05, 4.69) is 38.2 Å². The molecule has 0 unspecified atom stereocenters. The van der Waals surface area contributed by atoms with E-state index in [-0.39, 0.29) is 6.04 Å². The Balaban J connectivity index is 1.70. The lowest BCUT2D eigenvalue weighted by Crippen LogP contribution is -2.19. The molecule has 0 saturated carbocycles. The van der Waals surface area contributed by atoms with Crippen LogP contribution >= 0.6 is 0 Å². The highest BCUT2D eigenvalue weighted by Gasteiger charge is 2.06. The SMILES string of the molecule is C[C@@H](Cc1cnccn1)Nc1ccc2cc[nH]c2n1. The Bertz CT molecular complexity index is 662. The van der Waals surface area contributed by atoms with Gasteiger partial charge in [0.15, 0.2) is 0 Å². The second-order valence-electron chi connectivity index (χ2n) is 4.56. The fourth-order valence-electron chi connectivity index (χ4n) is 2.06. The van der Waals surface area contributed by atoms with E-state index in [0.29, 0.717) is 0 Å². The van der Waals surface area contributed by atoms with Crippen molar-refractivity contribution in [2.24, 2.45) is 0 Å². The van der Waals surface area contributed by atoms with E-state index in [1.54, 1.807) is 18.6 Å². The van der Waals surface area contributed by atoms with Gasteiger partial charge in [-0.3, -0.25) is 9.97 Å². The number of aromatic amines is 1. The summed E-state index contributed by atoms with van der Waals surface area (Å²) < 4.78 is 0. The first-order valence-electron chi connectivity index (χ1n) is 6.27. The van der Waals surface area contributed by atoms with Gasteiger partial charge in [0, 0.05) is 42.6 Å². The van der Waals surface area contributed by atoms with Crippen LogP contribution in [0.2, 0.25) is 0 Å². The molecule has 3 aromatic rings. The molecule has 0 saturated heterocycles. The Hall–Kier alpha value is -2.43. The third-order valence-electron chi connectivity index (χ3n) is 2.94. The minimum Gasteiger partial charge on any atom is -0.367 e. The summed E-state index contributed by atoms with van der Waals surface area (Å²) >= 11 is 0. The van der Waals surface area contributed by atoms with Crippen molar-refractivity contribution in [3.63, 3.8) is 0 Å². The summed E-state index contributed by atoms with van der Waals surface area (Å²) in [5.41, 5.74) is 1.88. The van der Waals surface area contributed by atoms with Gasteiger partial charge in [-0.05, 0) is 25.1 Å². The molecule has 0 aliphatic carbocycles. The van der Waals surface area contributed by atoms with Gasteiger partial charge in [0.2, 0.25) is 0 Å². The summed E-state index contributed by atoms with van der Waals surface area (Å²) in [6.45, 7) is 2.11. The first kappa shape index (κ1) is 11.6. The molecule has 0 spiro atoms. The lowest BCUT2D eigenvalue weighted by Gasteiger charge is -2.13. The molecule has 0 fully saturated rings. The molecular weight excluding hydrogens is 238 g/mol. The highest BCUT2D eigenvalue weighted by molar-refractivity contribution is 5.77. The summed E-state index contributed by atoms with van der Waals surface area (Å²) in [5.74, 6) is 0.867. The van der Waals surface area contributed by atoms with E-state index in [1.807, 2.05) is 18.3 Å². The third-order valence-corrected chi connectivity index (χ3v) is 2.94. The van der Waals surface area contributed by atoms with Gasteiger partial charge in [-0.2, -0.15) is 0 Å². The minimum atomic E-state index is 0.247. The third kappa shape index (κ3) is 2.70. The molecule has 0 aliphatic rings. The highest BCUT2D eigenvalue weighted by atomic mass is 15.0. The summed E-state index contributed by atoms with van der Waals surface area (Å²) in [6, 6.07) is 6.30. The van der Waals surface area contributed by atoms with Gasteiger partial charge >= 0.3 is 0 Å². The van der Waals surface area contributed by atoms with Crippen LogP contribution in [-0.2, 0) is 6.42 Å². The Morgan fingerprint density at radius 1 is 1.26 bits per heavy atom. The monoisotopic (exact) mass is 253 g/mol. The van der Waals surface area contributed by atoms with Gasteiger partial charge in [0.25, 0.3) is 0 Å². The zero-order valence-electron chi connectivity index (χ0n) is 10.7. The number of hydrogen-bond acceptors (Lipinski definition) is 4. The van der Waals surface area contributed by atoms with Crippen molar-refractivity contribution in [2.45, 2.75) is 19.4 Å². The molecule has 0 radical (unpaired) electrons. The van der Waals surface area contributed by atoms with Crippen molar-refractivity contribution < 1.29 is 0 Å². The zero-order chi connectivity index (χ0) is 13.1. The summed E-state index contributed by atoms with van der Waals surface area (Å²) in [6.07, 6.45) is 7.90. The molecular formula is C14H15N5. The van der Waals surface area contributed by atoms with Gasteiger partial charge < -0.3 is 10.3 Å². The molecule has 2 N–H and O–H groups in total. The normalized spacial score (nSPS) is 12.5. The molecule has 3 heterocycles. The van der Waals surface area contributed by atoms with Crippen LogP contribution in [0.15, 0.2) is 43.0 Å². The van der Waals surface area contributed by atoms with Crippen LogP contribution in [0.25, 0.3) is 11.0 Å². The number of rotatable bonds is 4. The van der Waals surface area contributed by atoms with Crippen LogP contribution < -0.4 is 5.32 Å². The molecule has 1 atom stereocenters. The Kier molecular flexibility index (Phi) is 3.10. The van der Waals surface area contributed by atoms with Gasteiger partial charge in [0.05, 0.1) is 5.69 Å². The van der Waals surface area contributed by atoms with E-state index >= 15 is 0 Å². The Morgan fingerprint density at radius 2 is 2.21 bits per heavy atom. The van der Waals surface area contributed by atoms with Crippen LogP contribution in [0.4, 0.5) is 5.82 Å². The molecule has 0 aromatic carbocycles. The predicted molar refractivity (Wildman–Crippen MR) is 74.9 cm³/mol. The van der Waals surface area contributed by atoms with Crippen LogP contribution in [0, 0.1) is 0 Å². The van der Waals surface area contributed by atoms with Crippen molar-refractivity contribution in [3.8, 4) is 0 Å². The maximum Gasteiger partial charge on any atom is 0.139 e. The van der Waals surface area contributed by atoms with Crippen LogP contribution in [0.5, 0.6) is 0 Å². The summed E-state index contributed by atoms with van der Waals surface area (Å²) in [4.78, 5) is 16.0. The lowest BCUT2D eigenvalue weighted by molar-refractivity contribution is 0.761. The van der Waals surface area contributed by atoms with E-state index < -0.39 is 0 Å². The van der Waals surface area contributed by atoms with Crippen molar-refractivity contribution in [1.82, 2.24) is 19.9 Å². The zero-order valence-corrected chi connectivity index (χ0v) is 10.7. The lowest BCUT2D eigenvalue weighted by atomic mass is 10.2. The van der Waals surface area contributed by atoms with Crippen LogP contribution in [-0.4, -0.2) is 26.0 Å². The van der Waals surface area contributed by atoms with Crippen molar-refractivity contribution >= 4 is 16.9 Å². The molecule has 0 amide bonds. The average Bonchev–Trinajstić information content (AvgIpc) is 2.87. The molecule has 3 aromatic heterocycles. The number of aromatic nitrogens is 4. The average molecular weight is 253 g/mol. The van der Waals surface area contributed by atoms with E-state index in [0.717, 1.165) is 29.0 Å². The van der Waals surface area contributed by atoms with Crippen LogP contribution in [0.1, 0.15) is 12.6 Å². The smallest absolute Gasteiger partial charge is 0.139 e. The number of hydrogen-bond donors (Lipinski definition) is 2. The van der Waals surface area contributed by atoms with E-state index in [1.165, 1.54) is 0 Å². The molecule has 19 heavy (non-hydrogen) atoms. The molecule has 5 nitrogen and oxygen atoms in total. The van der Waals surface area contributed by atoms with Crippen molar-refractivity contribution in [1.29, 1.82) is 0 Å². The molecule has 5 heteroatoms. The van der Waals surface area contributed by atoms with Crippen molar-refractivity contribution in [3.05, 3.63) is 48.7 Å². The van der Waals surface area contributed by atoms with Gasteiger partial charge in [-0.1, -0.05) is 0 Å². The van der Waals surface area contributed by atoms with Gasteiger partial charge in [-0.15, -0.1) is 0 Å². The summed E-state index contributed by atoms with van der Waals surface area (Å²) in [7, 11) is 0. The second kappa shape index (κ2) is 5.06. The number of H-pyrrole nitrogens is 1. The fourth-order valence-corrected chi connectivity index (χ4v) is 2.06. The largest absolute Gasteiger partial charge is 0.367 e. The Morgan fingerprint density at radius 3 is 3.05 bits per heavy atom. The fraction of sp³-hybridized carbons (Fsp3) is 0.214.